The first-order valence-corrected chi connectivity index (χ1v) is 14.4. The SMILES string of the molecule is Cc1ccc(-c2cc(C(F)(F)F)nn2-c2ccc(S(=O)(=O)NC(=O)OC3CN(/[N+]([O-])=N\OCOC(=O)C(C)C)C3)cc2)cc1. The number of amides is 1. The van der Waals surface area contributed by atoms with E-state index in [0.717, 1.165) is 33.5 Å². The smallest absolute Gasteiger partial charge is 0.435 e. The number of hydrogen-bond acceptors (Lipinski definition) is 10. The van der Waals surface area contributed by atoms with Gasteiger partial charge in [0.25, 0.3) is 16.8 Å². The van der Waals surface area contributed by atoms with Crippen LogP contribution in [0.5, 0.6) is 0 Å². The van der Waals surface area contributed by atoms with Gasteiger partial charge in [0, 0.05) is 5.56 Å². The number of nitrogens with zero attached hydrogens (tertiary/aromatic N) is 5. The third-order valence-electron chi connectivity index (χ3n) is 6.15. The Morgan fingerprint density at radius 3 is 2.36 bits per heavy atom. The number of aryl methyl sites for hydroxylation is 1. The third-order valence-corrected chi connectivity index (χ3v) is 7.48. The maximum atomic E-state index is 13.5. The Morgan fingerprint density at radius 2 is 1.77 bits per heavy atom. The number of sulfonamides is 1. The van der Waals surface area contributed by atoms with E-state index >= 15 is 0 Å². The fourth-order valence-electron chi connectivity index (χ4n) is 3.76. The summed E-state index contributed by atoms with van der Waals surface area (Å²) in [5.41, 5.74) is 0.512. The van der Waals surface area contributed by atoms with Crippen molar-refractivity contribution >= 4 is 22.1 Å². The van der Waals surface area contributed by atoms with Crippen LogP contribution in [0, 0.1) is 18.0 Å². The van der Waals surface area contributed by atoms with Gasteiger partial charge in [0.15, 0.2) is 5.69 Å². The number of halogens is 3. The zero-order chi connectivity index (χ0) is 32.2. The number of benzene rings is 2. The Hall–Kier alpha value is -4.87. The van der Waals surface area contributed by atoms with E-state index in [1.807, 2.05) is 6.92 Å². The molecule has 44 heavy (non-hydrogen) atoms. The Bertz CT molecular complexity index is 1640. The number of rotatable bonds is 10. The van der Waals surface area contributed by atoms with E-state index in [1.54, 1.807) is 42.8 Å². The van der Waals surface area contributed by atoms with Gasteiger partial charge in [0.05, 0.1) is 27.2 Å². The molecule has 4 rings (SSSR count). The van der Waals surface area contributed by atoms with Crippen molar-refractivity contribution in [2.45, 2.75) is 37.9 Å². The van der Waals surface area contributed by atoms with E-state index < -0.39 is 46.9 Å². The van der Waals surface area contributed by atoms with Crippen molar-refractivity contribution in [3.63, 3.8) is 0 Å². The number of alkyl halides is 3. The molecule has 1 fully saturated rings. The van der Waals surface area contributed by atoms with Gasteiger partial charge in [-0.1, -0.05) is 43.7 Å². The van der Waals surface area contributed by atoms with Crippen LogP contribution >= 0.6 is 0 Å². The lowest BCUT2D eigenvalue weighted by atomic mass is 10.1. The molecule has 14 nitrogen and oxygen atoms in total. The summed E-state index contributed by atoms with van der Waals surface area (Å²) in [6.45, 7) is 4.22. The molecule has 0 unspecified atom stereocenters. The second-order valence-corrected chi connectivity index (χ2v) is 11.6. The molecule has 3 aromatic rings. The van der Waals surface area contributed by atoms with Crippen LogP contribution in [-0.4, -0.2) is 66.2 Å². The minimum Gasteiger partial charge on any atom is -0.569 e. The van der Waals surface area contributed by atoms with Crippen molar-refractivity contribution in [3.05, 3.63) is 71.1 Å². The minimum absolute atomic E-state index is 0.0563. The summed E-state index contributed by atoms with van der Waals surface area (Å²) in [4.78, 5) is 27.8. The van der Waals surface area contributed by atoms with Crippen LogP contribution in [0.25, 0.3) is 16.9 Å². The highest BCUT2D eigenvalue weighted by molar-refractivity contribution is 7.90. The van der Waals surface area contributed by atoms with E-state index in [1.165, 1.54) is 12.1 Å². The second kappa shape index (κ2) is 12.8. The normalized spacial score (nSPS) is 14.2. The molecule has 0 saturated carbocycles. The van der Waals surface area contributed by atoms with Gasteiger partial charge in [0.2, 0.25) is 5.28 Å². The highest BCUT2D eigenvalue weighted by atomic mass is 32.2. The van der Waals surface area contributed by atoms with Crippen LogP contribution in [0.4, 0.5) is 18.0 Å². The van der Waals surface area contributed by atoms with E-state index in [4.69, 9.17) is 9.47 Å². The van der Waals surface area contributed by atoms with E-state index in [9.17, 15) is 36.4 Å². The van der Waals surface area contributed by atoms with Crippen LogP contribution in [-0.2, 0) is 35.3 Å². The lowest BCUT2D eigenvalue weighted by molar-refractivity contribution is -0.727. The quantitative estimate of drug-likeness (QED) is 0.0856. The molecule has 1 aliphatic heterocycles. The topological polar surface area (TPSA) is 167 Å². The summed E-state index contributed by atoms with van der Waals surface area (Å²) >= 11 is 0. The van der Waals surface area contributed by atoms with Gasteiger partial charge < -0.3 is 19.5 Å². The third kappa shape index (κ3) is 7.74. The molecule has 1 aliphatic rings. The summed E-state index contributed by atoms with van der Waals surface area (Å²) in [6.07, 6.45) is -6.87. The molecule has 2 aromatic carbocycles. The molecule has 2 heterocycles. The maximum absolute atomic E-state index is 13.5. The number of hydrazine groups is 1. The van der Waals surface area contributed by atoms with Gasteiger partial charge >= 0.3 is 18.2 Å². The zero-order valence-electron chi connectivity index (χ0n) is 23.5. The summed E-state index contributed by atoms with van der Waals surface area (Å²) in [6, 6.07) is 12.3. The summed E-state index contributed by atoms with van der Waals surface area (Å²) in [7, 11) is -4.43. The molecule has 236 valence electrons. The molecule has 1 N–H and O–H groups in total. The second-order valence-electron chi connectivity index (χ2n) is 9.89. The van der Waals surface area contributed by atoms with Crippen molar-refractivity contribution in [3.8, 4) is 16.9 Å². The largest absolute Gasteiger partial charge is 0.569 e. The van der Waals surface area contributed by atoms with Gasteiger partial charge in [-0.05, 0) is 37.3 Å². The van der Waals surface area contributed by atoms with E-state index in [-0.39, 0.29) is 40.3 Å². The molecular formula is C26H27F3N6O8S. The summed E-state index contributed by atoms with van der Waals surface area (Å²) in [5.74, 6) is -0.934. The van der Waals surface area contributed by atoms with Gasteiger partial charge in [-0.3, -0.25) is 4.79 Å². The molecule has 1 amide bonds. The van der Waals surface area contributed by atoms with Crippen LogP contribution in [0.3, 0.4) is 0 Å². The maximum Gasteiger partial charge on any atom is 0.435 e. The highest BCUT2D eigenvalue weighted by Crippen LogP contribution is 2.33. The van der Waals surface area contributed by atoms with Crippen LogP contribution in [0.15, 0.2) is 64.8 Å². The Morgan fingerprint density at radius 1 is 1.14 bits per heavy atom. The van der Waals surface area contributed by atoms with Crippen molar-refractivity contribution in [2.75, 3.05) is 19.9 Å². The molecule has 0 spiro atoms. The number of esters is 1. The molecular weight excluding hydrogens is 613 g/mol. The first-order valence-electron chi connectivity index (χ1n) is 12.9. The first kappa shape index (κ1) is 32.1. The Labute approximate surface area is 249 Å². The van der Waals surface area contributed by atoms with Crippen LogP contribution < -0.4 is 4.72 Å². The van der Waals surface area contributed by atoms with Gasteiger partial charge in [0.1, 0.15) is 19.2 Å². The molecule has 0 bridgehead atoms. The fourth-order valence-corrected chi connectivity index (χ4v) is 4.64. The number of hydrogen-bond donors (Lipinski definition) is 1. The number of aromatic nitrogens is 2. The summed E-state index contributed by atoms with van der Waals surface area (Å²) < 4.78 is 78.3. The van der Waals surface area contributed by atoms with E-state index in [0.29, 0.717) is 5.56 Å². The monoisotopic (exact) mass is 640 g/mol. The standard InChI is InChI=1S/C26H27F3N6O8S/c1-16(2)24(36)41-15-42-32-35(38)33-13-20(14-33)43-25(37)31-44(39,40)21-10-8-19(9-11-21)34-22(12-23(30-34)26(27,28)29)18-6-4-17(3)5-7-18/h4-12,16,20H,13-15H2,1-3H3,(H,31,37)/b35-32+. The molecule has 0 atom stereocenters. The average molecular weight is 641 g/mol. The predicted octanol–water partition coefficient (Wildman–Crippen LogP) is 3.93. The number of carbonyl (C=O) groups is 2. The van der Waals surface area contributed by atoms with Crippen molar-refractivity contribution < 1.29 is 50.5 Å². The van der Waals surface area contributed by atoms with E-state index in [2.05, 4.69) is 15.2 Å². The Balaban J connectivity index is 1.36. The number of ether oxygens (including phenoxy) is 2. The fraction of sp³-hybridized carbons (Fsp3) is 0.346. The lowest BCUT2D eigenvalue weighted by Gasteiger charge is -2.33. The van der Waals surface area contributed by atoms with Crippen LogP contribution in [0.1, 0.15) is 25.1 Å². The predicted molar refractivity (Wildman–Crippen MR) is 144 cm³/mol. The minimum atomic E-state index is -4.71. The van der Waals surface area contributed by atoms with Crippen molar-refractivity contribution in [2.24, 2.45) is 11.2 Å². The number of nitrogens with one attached hydrogen (secondary N) is 1. The highest BCUT2D eigenvalue weighted by Gasteiger charge is 2.38. The van der Waals surface area contributed by atoms with Crippen molar-refractivity contribution in [1.29, 1.82) is 0 Å². The lowest BCUT2D eigenvalue weighted by Crippen LogP contribution is -2.56. The zero-order valence-corrected chi connectivity index (χ0v) is 24.3. The van der Waals surface area contributed by atoms with Gasteiger partial charge in [-0.2, -0.15) is 18.3 Å². The average Bonchev–Trinajstić information content (AvgIpc) is 3.39. The van der Waals surface area contributed by atoms with Gasteiger partial charge in [-0.15, -0.1) is 5.01 Å². The molecule has 1 aromatic heterocycles. The molecule has 0 radical (unpaired) electrons. The first-order chi connectivity index (χ1) is 20.6. The molecule has 0 aliphatic carbocycles. The molecule has 1 saturated heterocycles. The van der Waals surface area contributed by atoms with Crippen LogP contribution in [0.2, 0.25) is 0 Å². The van der Waals surface area contributed by atoms with Gasteiger partial charge in [-0.25, -0.2) is 22.6 Å². The summed E-state index contributed by atoms with van der Waals surface area (Å²) in [5, 5.41) is 19.7. The van der Waals surface area contributed by atoms with Crippen molar-refractivity contribution in [1.82, 2.24) is 19.5 Å². The number of carbonyl (C=O) groups excluding carboxylic acids is 2. The Kier molecular flexibility index (Phi) is 9.31. The molecule has 18 heteroatoms.